The number of benzene rings is 1. The number of fused-ring (bicyclic) bond motifs is 1. The summed E-state index contributed by atoms with van der Waals surface area (Å²) in [7, 11) is 0. The van der Waals surface area contributed by atoms with Crippen LogP contribution in [0.15, 0.2) is 12.1 Å². The Kier molecular flexibility index (Phi) is 3.91. The minimum atomic E-state index is -0.618. The van der Waals surface area contributed by atoms with Crippen LogP contribution in [0.2, 0.25) is 0 Å². The van der Waals surface area contributed by atoms with Crippen molar-refractivity contribution in [2.75, 3.05) is 0 Å². The Bertz CT molecular complexity index is 658. The summed E-state index contributed by atoms with van der Waals surface area (Å²) < 4.78 is 29.5. The molecule has 1 aliphatic carbocycles. The van der Waals surface area contributed by atoms with Gasteiger partial charge in [0.05, 0.1) is 11.4 Å². The number of hydrogen-bond acceptors (Lipinski definition) is 1. The van der Waals surface area contributed by atoms with Gasteiger partial charge in [0, 0.05) is 12.1 Å². The second-order valence-corrected chi connectivity index (χ2v) is 6.63. The molecule has 2 atom stereocenters. The average Bonchev–Trinajstić information content (AvgIpc) is 2.76. The monoisotopic (exact) mass is 312 g/mol. The van der Waals surface area contributed by atoms with Crippen molar-refractivity contribution in [2.24, 2.45) is 11.8 Å². The number of nitrogens with zero attached hydrogens (tertiary/aromatic N) is 2. The molecule has 0 spiro atoms. The zero-order chi connectivity index (χ0) is 15.1. The third-order valence-electron chi connectivity index (χ3n) is 4.42. The van der Waals surface area contributed by atoms with Crippen molar-refractivity contribution in [3.05, 3.63) is 29.6 Å². The molecule has 2 nitrogen and oxygen atoms in total. The minimum Gasteiger partial charge on any atom is -0.324 e. The fraction of sp³-hybridized carbons (Fsp3) is 0.562. The van der Waals surface area contributed by atoms with Crippen LogP contribution in [0, 0.1) is 23.5 Å². The highest BCUT2D eigenvalue weighted by molar-refractivity contribution is 6.16. The number of halogens is 3. The van der Waals surface area contributed by atoms with Crippen LogP contribution in [-0.2, 0) is 5.88 Å². The zero-order valence-corrected chi connectivity index (χ0v) is 13.0. The van der Waals surface area contributed by atoms with Gasteiger partial charge in [-0.3, -0.25) is 0 Å². The lowest BCUT2D eigenvalue weighted by Gasteiger charge is -2.33. The maximum Gasteiger partial charge on any atom is 0.153 e. The van der Waals surface area contributed by atoms with Crippen LogP contribution >= 0.6 is 11.6 Å². The molecule has 0 bridgehead atoms. The van der Waals surface area contributed by atoms with E-state index in [2.05, 4.69) is 18.8 Å². The van der Waals surface area contributed by atoms with Crippen molar-refractivity contribution in [3.63, 3.8) is 0 Å². The van der Waals surface area contributed by atoms with E-state index in [-0.39, 0.29) is 17.4 Å². The van der Waals surface area contributed by atoms with Crippen LogP contribution in [0.1, 0.15) is 45.0 Å². The second kappa shape index (κ2) is 5.56. The molecule has 0 amide bonds. The van der Waals surface area contributed by atoms with Gasteiger partial charge in [0.25, 0.3) is 0 Å². The Labute approximate surface area is 128 Å². The topological polar surface area (TPSA) is 17.8 Å². The van der Waals surface area contributed by atoms with Gasteiger partial charge in [0.1, 0.15) is 17.2 Å². The maximum atomic E-state index is 13.9. The molecule has 1 saturated carbocycles. The lowest BCUT2D eigenvalue weighted by molar-refractivity contribution is 0.222. The second-order valence-electron chi connectivity index (χ2n) is 6.36. The first-order valence-corrected chi connectivity index (χ1v) is 7.94. The molecule has 114 valence electrons. The molecule has 21 heavy (non-hydrogen) atoms. The fourth-order valence-corrected chi connectivity index (χ4v) is 3.97. The number of aromatic nitrogens is 2. The van der Waals surface area contributed by atoms with E-state index in [0.29, 0.717) is 23.2 Å². The molecule has 2 unspecified atom stereocenters. The van der Waals surface area contributed by atoms with Gasteiger partial charge < -0.3 is 4.57 Å². The summed E-state index contributed by atoms with van der Waals surface area (Å²) in [6, 6.07) is 2.46. The highest BCUT2D eigenvalue weighted by Crippen LogP contribution is 2.39. The van der Waals surface area contributed by atoms with E-state index >= 15 is 0 Å². The summed E-state index contributed by atoms with van der Waals surface area (Å²) in [6.07, 6.45) is 3.19. The molecular weight excluding hydrogens is 294 g/mol. The Morgan fingerprint density at radius 3 is 2.48 bits per heavy atom. The molecule has 2 aromatic rings. The van der Waals surface area contributed by atoms with Crippen LogP contribution in [0.3, 0.4) is 0 Å². The summed E-state index contributed by atoms with van der Waals surface area (Å²) in [5.74, 6) is 0.832. The van der Waals surface area contributed by atoms with Gasteiger partial charge in [-0.05, 0) is 37.2 Å². The average molecular weight is 313 g/mol. The molecule has 0 saturated heterocycles. The molecule has 5 heteroatoms. The first kappa shape index (κ1) is 14.8. The van der Waals surface area contributed by atoms with Gasteiger partial charge in [-0.25, -0.2) is 13.8 Å². The van der Waals surface area contributed by atoms with Gasteiger partial charge in [0.15, 0.2) is 5.82 Å². The lowest BCUT2D eigenvalue weighted by atomic mass is 9.80. The van der Waals surface area contributed by atoms with Crippen molar-refractivity contribution >= 4 is 22.6 Å². The summed E-state index contributed by atoms with van der Waals surface area (Å²) in [4.78, 5) is 4.29. The summed E-state index contributed by atoms with van der Waals surface area (Å²) in [5.41, 5.74) is 0.743. The largest absolute Gasteiger partial charge is 0.324 e. The molecule has 0 radical (unpaired) electrons. The summed E-state index contributed by atoms with van der Waals surface area (Å²) in [6.45, 7) is 4.45. The van der Waals surface area contributed by atoms with Crippen LogP contribution in [0.4, 0.5) is 8.78 Å². The molecular formula is C16H19ClF2N2. The third kappa shape index (κ3) is 2.66. The smallest absolute Gasteiger partial charge is 0.153 e. The number of imidazole rings is 1. The van der Waals surface area contributed by atoms with E-state index in [4.69, 9.17) is 11.6 Å². The Morgan fingerprint density at radius 2 is 1.86 bits per heavy atom. The highest BCUT2D eigenvalue weighted by atomic mass is 35.5. The molecule has 1 heterocycles. The van der Waals surface area contributed by atoms with E-state index in [1.807, 2.05) is 4.57 Å². The van der Waals surface area contributed by atoms with Crippen molar-refractivity contribution in [3.8, 4) is 0 Å². The first-order valence-electron chi connectivity index (χ1n) is 7.41. The summed E-state index contributed by atoms with van der Waals surface area (Å²) >= 11 is 5.99. The minimum absolute atomic E-state index is 0.203. The number of hydrogen-bond donors (Lipinski definition) is 0. The Morgan fingerprint density at radius 1 is 1.19 bits per heavy atom. The number of alkyl halides is 1. The van der Waals surface area contributed by atoms with Crippen molar-refractivity contribution in [1.29, 1.82) is 0 Å². The van der Waals surface area contributed by atoms with E-state index < -0.39 is 11.6 Å². The lowest BCUT2D eigenvalue weighted by Crippen LogP contribution is -2.23. The van der Waals surface area contributed by atoms with Crippen molar-refractivity contribution in [1.82, 2.24) is 9.55 Å². The van der Waals surface area contributed by atoms with Gasteiger partial charge in [-0.2, -0.15) is 0 Å². The van der Waals surface area contributed by atoms with E-state index in [1.54, 1.807) is 0 Å². The predicted molar refractivity (Wildman–Crippen MR) is 80.4 cm³/mol. The molecule has 3 rings (SSSR count). The Hall–Kier alpha value is -1.16. The van der Waals surface area contributed by atoms with Crippen LogP contribution < -0.4 is 0 Å². The number of rotatable bonds is 2. The van der Waals surface area contributed by atoms with Crippen molar-refractivity contribution < 1.29 is 8.78 Å². The standard InChI is InChI=1S/C16H19ClF2N2/c1-9-3-10(2)5-12(4-9)21-14-7-11(18)6-13(19)16(14)20-15(21)8-17/h6-7,9-10,12H,3-5,8H2,1-2H3. The third-order valence-corrected chi connectivity index (χ3v) is 4.66. The molecule has 1 aliphatic rings. The fourth-order valence-electron chi connectivity index (χ4n) is 3.79. The van der Waals surface area contributed by atoms with Crippen LogP contribution in [0.5, 0.6) is 0 Å². The Balaban J connectivity index is 2.16. The highest BCUT2D eigenvalue weighted by Gasteiger charge is 2.28. The van der Waals surface area contributed by atoms with Gasteiger partial charge in [0.2, 0.25) is 0 Å². The zero-order valence-electron chi connectivity index (χ0n) is 12.2. The molecule has 1 aromatic carbocycles. The normalized spacial score (nSPS) is 26.4. The van der Waals surface area contributed by atoms with Gasteiger partial charge in [-0.1, -0.05) is 13.8 Å². The quantitative estimate of drug-likeness (QED) is 0.709. The maximum absolute atomic E-state index is 13.9. The molecule has 1 fully saturated rings. The van der Waals surface area contributed by atoms with E-state index in [0.717, 1.165) is 18.9 Å². The van der Waals surface area contributed by atoms with Crippen LogP contribution in [-0.4, -0.2) is 9.55 Å². The predicted octanol–water partition coefficient (Wildman–Crippen LogP) is 5.05. The SMILES string of the molecule is CC1CC(C)CC(n2c(CCl)nc3c(F)cc(F)cc32)C1. The van der Waals surface area contributed by atoms with Crippen LogP contribution in [0.25, 0.3) is 11.0 Å². The summed E-state index contributed by atoms with van der Waals surface area (Å²) in [5, 5.41) is 0. The van der Waals surface area contributed by atoms with Crippen molar-refractivity contribution in [2.45, 2.75) is 45.0 Å². The van der Waals surface area contributed by atoms with Gasteiger partial charge in [-0.15, -0.1) is 11.6 Å². The van der Waals surface area contributed by atoms with E-state index in [9.17, 15) is 8.78 Å². The first-order chi connectivity index (χ1) is 9.99. The molecule has 0 aliphatic heterocycles. The molecule has 1 aromatic heterocycles. The van der Waals surface area contributed by atoms with Gasteiger partial charge >= 0.3 is 0 Å². The van der Waals surface area contributed by atoms with E-state index in [1.165, 1.54) is 12.5 Å². The molecule has 0 N–H and O–H groups in total.